The number of aromatic nitrogens is 4. The summed E-state index contributed by atoms with van der Waals surface area (Å²) >= 11 is 0. The second-order valence-electron chi connectivity index (χ2n) is 11.3. The van der Waals surface area contributed by atoms with E-state index in [-0.39, 0.29) is 12.5 Å². The third-order valence-electron chi connectivity index (χ3n) is 7.99. The van der Waals surface area contributed by atoms with Crippen molar-refractivity contribution >= 4 is 7.60 Å². The molecule has 2 fully saturated rings. The molecule has 2 aliphatic rings. The fourth-order valence-electron chi connectivity index (χ4n) is 4.73. The Kier molecular flexibility index (Phi) is 9.73. The summed E-state index contributed by atoms with van der Waals surface area (Å²) in [7, 11) is -4.38. The monoisotopic (exact) mass is 618 g/mol. The van der Waals surface area contributed by atoms with Crippen LogP contribution in [0.3, 0.4) is 0 Å². The van der Waals surface area contributed by atoms with E-state index >= 15 is 0 Å². The highest BCUT2D eigenvalue weighted by molar-refractivity contribution is 7.51. The number of ether oxygens (including phenoxy) is 3. The molecule has 0 unspecified atom stereocenters. The van der Waals surface area contributed by atoms with E-state index in [0.717, 1.165) is 0 Å². The van der Waals surface area contributed by atoms with Crippen molar-refractivity contribution in [2.45, 2.75) is 77.5 Å². The first-order chi connectivity index (χ1) is 19.2. The highest BCUT2D eigenvalue weighted by Crippen LogP contribution is 2.43. The average molecular weight is 619 g/mol. The van der Waals surface area contributed by atoms with Gasteiger partial charge in [-0.15, -0.1) is 0 Å². The molecule has 0 saturated carbocycles. The number of hydrogen-bond acceptors (Lipinski definition) is 11. The molecule has 0 aliphatic carbocycles. The second kappa shape index (κ2) is 12.1. The van der Waals surface area contributed by atoms with Gasteiger partial charge in [-0.2, -0.15) is 0 Å². The Labute approximate surface area is 239 Å². The Morgan fingerprint density at radius 3 is 1.74 bits per heavy atom. The van der Waals surface area contributed by atoms with Crippen LogP contribution in [0.4, 0.5) is 0 Å². The molecule has 9 N–H and O–H groups in total. The molecule has 4 rings (SSSR count). The van der Waals surface area contributed by atoms with Crippen molar-refractivity contribution in [1.29, 1.82) is 0 Å². The molecular formula is C24H39N6O11P. The predicted octanol–water partition coefficient (Wildman–Crippen LogP) is -1.71. The lowest BCUT2D eigenvalue weighted by Crippen LogP contribution is -2.50. The smallest absolute Gasteiger partial charge is 0.351 e. The molecule has 42 heavy (non-hydrogen) atoms. The van der Waals surface area contributed by atoms with Gasteiger partial charge in [-0.3, -0.25) is 33.3 Å². The molecule has 0 radical (unpaired) electrons. The van der Waals surface area contributed by atoms with Crippen molar-refractivity contribution in [2.75, 3.05) is 13.0 Å². The van der Waals surface area contributed by atoms with Crippen LogP contribution >= 0.6 is 7.60 Å². The van der Waals surface area contributed by atoms with Gasteiger partial charge in [-0.05, 0) is 27.7 Å². The Morgan fingerprint density at radius 2 is 1.33 bits per heavy atom. The van der Waals surface area contributed by atoms with Crippen molar-refractivity contribution in [3.8, 4) is 0 Å². The molecule has 18 heteroatoms. The van der Waals surface area contributed by atoms with Crippen LogP contribution in [0.15, 0.2) is 31.6 Å². The molecular weight excluding hydrogens is 579 g/mol. The number of hydrogen-bond donors (Lipinski definition) is 7. The Hall–Kier alpha value is -2.73. The first-order valence-electron chi connectivity index (χ1n) is 13.0. The van der Waals surface area contributed by atoms with Crippen molar-refractivity contribution < 1.29 is 33.7 Å². The van der Waals surface area contributed by atoms with Crippen LogP contribution in [0.2, 0.25) is 0 Å². The van der Waals surface area contributed by atoms with Gasteiger partial charge >= 0.3 is 19.0 Å². The SMILES string of the molecule is Cc1cn([C@@H]2O[C@H](CO)[C@@](C)(N)[C@@H]2C)c(=O)[nH]c1=O.Cc1cn([C@@H]2O[C@H](OCP(=O)(O)O)[C@@](C)(N)[C@@H]2C)c(=O)[nH]c1=O. The summed E-state index contributed by atoms with van der Waals surface area (Å²) in [5.41, 5.74) is 9.08. The lowest BCUT2D eigenvalue weighted by Gasteiger charge is -2.28. The minimum atomic E-state index is -4.38. The van der Waals surface area contributed by atoms with Gasteiger partial charge in [0, 0.05) is 40.9 Å². The molecule has 0 aromatic carbocycles. The van der Waals surface area contributed by atoms with Gasteiger partial charge in [-0.25, -0.2) is 9.59 Å². The van der Waals surface area contributed by atoms with Crippen molar-refractivity contribution in [3.05, 3.63) is 65.2 Å². The summed E-state index contributed by atoms with van der Waals surface area (Å²) in [6.07, 6.45) is -1.14. The highest BCUT2D eigenvalue weighted by Gasteiger charge is 2.51. The van der Waals surface area contributed by atoms with Gasteiger partial charge in [0.05, 0.1) is 12.1 Å². The van der Waals surface area contributed by atoms with E-state index in [1.807, 2.05) is 6.92 Å². The van der Waals surface area contributed by atoms with Gasteiger partial charge in [0.2, 0.25) is 0 Å². The Morgan fingerprint density at radius 1 is 0.905 bits per heavy atom. The summed E-state index contributed by atoms with van der Waals surface area (Å²) in [6, 6.07) is 0. The standard InChI is InChI=1S/C12H20N3O7P.C12H19N3O4/c1-6-4-15(11(17)14-8(6)16)9-7(2)12(3,13)10(22-9)21-5-23(18,19)20;1-6-4-15(11(18)14-9(6)17)10-7(2)12(3,13)8(5-16)19-10/h4,7,9-10H,5,13H2,1-3H3,(H,14,16,17)(H2,18,19,20);4,7-8,10,16H,5,13H2,1-3H3,(H,14,17,18)/t7-,9-,10+,12+;7-,8-,10-,12+/m11/s1. The fourth-order valence-corrected chi connectivity index (χ4v) is 5.06. The van der Waals surface area contributed by atoms with Crippen LogP contribution in [0, 0.1) is 25.7 Å². The molecule has 0 bridgehead atoms. The van der Waals surface area contributed by atoms with Crippen LogP contribution in [-0.2, 0) is 18.8 Å². The number of nitrogens with zero attached hydrogens (tertiary/aromatic N) is 2. The molecule has 2 aromatic rings. The largest absolute Gasteiger partial charge is 0.394 e. The number of nitrogens with two attached hydrogens (primary N) is 2. The van der Waals surface area contributed by atoms with Crippen LogP contribution in [-0.4, -0.2) is 70.4 Å². The summed E-state index contributed by atoms with van der Waals surface area (Å²) < 4.78 is 29.8. The molecule has 8 atom stereocenters. The first-order valence-corrected chi connectivity index (χ1v) is 14.8. The summed E-state index contributed by atoms with van der Waals surface area (Å²) in [5.74, 6) is -0.611. The van der Waals surface area contributed by atoms with Gasteiger partial charge in [0.15, 0.2) is 12.6 Å². The third-order valence-corrected chi connectivity index (χ3v) is 8.47. The maximum Gasteiger partial charge on any atom is 0.351 e. The Bertz CT molecular complexity index is 1570. The van der Waals surface area contributed by atoms with E-state index in [1.165, 1.54) is 28.5 Å². The van der Waals surface area contributed by atoms with Gasteiger partial charge < -0.3 is 40.6 Å². The topological polar surface area (TPSA) is 267 Å². The number of rotatable bonds is 6. The van der Waals surface area contributed by atoms with Crippen LogP contribution < -0.4 is 34.0 Å². The normalized spacial score (nSPS) is 32.9. The van der Waals surface area contributed by atoms with E-state index in [1.54, 1.807) is 27.7 Å². The maximum atomic E-state index is 12.0. The quantitative estimate of drug-likeness (QED) is 0.178. The zero-order chi connectivity index (χ0) is 31.9. The number of aryl methyl sites for hydroxylation is 2. The van der Waals surface area contributed by atoms with Gasteiger partial charge in [0.1, 0.15) is 18.6 Å². The van der Waals surface area contributed by atoms with E-state index in [9.17, 15) is 28.8 Å². The zero-order valence-corrected chi connectivity index (χ0v) is 25.0. The van der Waals surface area contributed by atoms with Gasteiger partial charge in [-0.1, -0.05) is 13.8 Å². The number of aliphatic hydroxyl groups excluding tert-OH is 1. The number of H-pyrrole nitrogens is 2. The number of nitrogens with one attached hydrogen (secondary N) is 2. The molecule has 4 heterocycles. The molecule has 236 valence electrons. The molecule has 0 spiro atoms. The summed E-state index contributed by atoms with van der Waals surface area (Å²) in [4.78, 5) is 68.9. The molecule has 2 aromatic heterocycles. The van der Waals surface area contributed by atoms with Gasteiger partial charge in [0.25, 0.3) is 11.1 Å². The van der Waals surface area contributed by atoms with E-state index in [2.05, 4.69) is 9.97 Å². The van der Waals surface area contributed by atoms with Crippen molar-refractivity contribution in [1.82, 2.24) is 19.1 Å². The zero-order valence-electron chi connectivity index (χ0n) is 24.1. The van der Waals surface area contributed by atoms with Crippen molar-refractivity contribution in [2.24, 2.45) is 23.3 Å². The average Bonchev–Trinajstić information content (AvgIpc) is 3.24. The third kappa shape index (κ3) is 6.74. The second-order valence-corrected chi connectivity index (χ2v) is 12.9. The number of aliphatic hydroxyl groups is 1. The minimum Gasteiger partial charge on any atom is -0.394 e. The minimum absolute atomic E-state index is 0.187. The Balaban J connectivity index is 0.000000235. The maximum absolute atomic E-state index is 12.0. The van der Waals surface area contributed by atoms with E-state index < -0.39 is 78.3 Å². The summed E-state index contributed by atoms with van der Waals surface area (Å²) in [5, 5.41) is 9.30. The van der Waals surface area contributed by atoms with E-state index in [4.69, 9.17) is 35.5 Å². The lowest BCUT2D eigenvalue weighted by molar-refractivity contribution is -0.158. The highest BCUT2D eigenvalue weighted by atomic mass is 31.2. The van der Waals surface area contributed by atoms with E-state index in [0.29, 0.717) is 11.1 Å². The predicted molar refractivity (Wildman–Crippen MR) is 149 cm³/mol. The summed E-state index contributed by atoms with van der Waals surface area (Å²) in [6.45, 7) is 9.89. The molecule has 0 amide bonds. The molecule has 2 saturated heterocycles. The van der Waals surface area contributed by atoms with Crippen LogP contribution in [0.5, 0.6) is 0 Å². The van der Waals surface area contributed by atoms with Crippen molar-refractivity contribution in [3.63, 3.8) is 0 Å². The molecule has 2 aliphatic heterocycles. The fraction of sp³-hybridized carbons (Fsp3) is 0.667. The van der Waals surface area contributed by atoms with Crippen LogP contribution in [0.25, 0.3) is 0 Å². The first kappa shape index (κ1) is 33.8. The molecule has 17 nitrogen and oxygen atoms in total. The number of aromatic amines is 2. The lowest BCUT2D eigenvalue weighted by atomic mass is 9.85. The van der Waals surface area contributed by atoms with Crippen LogP contribution in [0.1, 0.15) is 51.3 Å².